The van der Waals surface area contributed by atoms with Gasteiger partial charge in [-0.1, -0.05) is 68.2 Å². The Hall–Kier alpha value is -0.940. The van der Waals surface area contributed by atoms with E-state index in [0.717, 1.165) is 40.9 Å². The van der Waals surface area contributed by atoms with Crippen LogP contribution in [0.15, 0.2) is 40.8 Å². The Labute approximate surface area is 170 Å². The van der Waals surface area contributed by atoms with E-state index in [4.69, 9.17) is 32.9 Å². The highest BCUT2D eigenvalue weighted by molar-refractivity contribution is 7.99. The molecule has 0 spiro atoms. The van der Waals surface area contributed by atoms with Crippen LogP contribution < -0.4 is 0 Å². The number of ether oxygens (including phenoxy) is 1. The van der Waals surface area contributed by atoms with Gasteiger partial charge < -0.3 is 9.30 Å². The zero-order valence-electron chi connectivity index (χ0n) is 15.6. The highest BCUT2D eigenvalue weighted by atomic mass is 35.5. The van der Waals surface area contributed by atoms with Gasteiger partial charge in [-0.3, -0.25) is 0 Å². The van der Waals surface area contributed by atoms with Gasteiger partial charge in [0, 0.05) is 28.1 Å². The molecule has 2 rings (SSSR count). The van der Waals surface area contributed by atoms with Gasteiger partial charge in [-0.2, -0.15) is 0 Å². The molecule has 26 heavy (non-hydrogen) atoms. The maximum Gasteiger partial charge on any atom is 0.136 e. The summed E-state index contributed by atoms with van der Waals surface area (Å²) in [4.78, 5) is 5.86. The molecule has 0 atom stereocenters. The van der Waals surface area contributed by atoms with Crippen LogP contribution in [-0.4, -0.2) is 16.2 Å². The molecule has 0 aliphatic carbocycles. The number of nitrogens with zero attached hydrogens (tertiary/aromatic N) is 2. The second-order valence-corrected chi connectivity index (χ2v) is 8.32. The molecule has 6 heteroatoms. The van der Waals surface area contributed by atoms with Gasteiger partial charge in [0.2, 0.25) is 0 Å². The van der Waals surface area contributed by atoms with Crippen molar-refractivity contribution in [1.29, 1.82) is 0 Å². The zero-order chi connectivity index (χ0) is 19.1. The first kappa shape index (κ1) is 21.4. The molecular weight excluding hydrogens is 387 g/mol. The number of imidazole rings is 1. The highest BCUT2D eigenvalue weighted by Crippen LogP contribution is 2.37. The van der Waals surface area contributed by atoms with Gasteiger partial charge in [-0.25, -0.2) is 4.98 Å². The summed E-state index contributed by atoms with van der Waals surface area (Å²) in [5.74, 6) is 1.23. The van der Waals surface area contributed by atoms with E-state index in [-0.39, 0.29) is 0 Å². The van der Waals surface area contributed by atoms with Crippen molar-refractivity contribution in [1.82, 2.24) is 9.55 Å². The molecule has 0 radical (unpaired) electrons. The van der Waals surface area contributed by atoms with Crippen molar-refractivity contribution in [3.05, 3.63) is 52.4 Å². The molecule has 0 saturated heterocycles. The van der Waals surface area contributed by atoms with Crippen molar-refractivity contribution >= 4 is 35.0 Å². The summed E-state index contributed by atoms with van der Waals surface area (Å²) in [6.07, 6.45) is 4.06. The normalized spacial score (nSPS) is 11.3. The average molecular weight is 413 g/mol. The van der Waals surface area contributed by atoms with Crippen molar-refractivity contribution in [2.75, 3.05) is 6.61 Å². The van der Waals surface area contributed by atoms with Crippen molar-refractivity contribution in [2.45, 2.75) is 62.6 Å². The van der Waals surface area contributed by atoms with Gasteiger partial charge in [-0.05, 0) is 30.5 Å². The molecule has 2 aromatic rings. The second-order valence-electron chi connectivity index (χ2n) is 6.39. The fourth-order valence-corrected chi connectivity index (χ4v) is 4.45. The number of unbranched alkanes of at least 4 members (excludes halogenated alkanes) is 1. The van der Waals surface area contributed by atoms with E-state index in [0.29, 0.717) is 29.1 Å². The van der Waals surface area contributed by atoms with E-state index in [1.54, 1.807) is 17.8 Å². The van der Waals surface area contributed by atoms with Gasteiger partial charge in [0.1, 0.15) is 17.5 Å². The summed E-state index contributed by atoms with van der Waals surface area (Å²) in [7, 11) is 0. The molecule has 0 N–H and O–H groups in total. The summed E-state index contributed by atoms with van der Waals surface area (Å²) in [5, 5.41) is 2.35. The maximum absolute atomic E-state index is 6.17. The number of hydrogen-bond donors (Lipinski definition) is 0. The molecule has 142 valence electrons. The van der Waals surface area contributed by atoms with Gasteiger partial charge in [0.05, 0.1) is 5.69 Å². The van der Waals surface area contributed by atoms with Crippen LogP contribution >= 0.6 is 35.0 Å². The maximum atomic E-state index is 6.17. The summed E-state index contributed by atoms with van der Waals surface area (Å²) >= 11 is 14.0. The number of benzene rings is 1. The third-order valence-electron chi connectivity index (χ3n) is 3.81. The molecule has 0 unspecified atom stereocenters. The largest absolute Gasteiger partial charge is 0.374 e. The average Bonchev–Trinajstić information content (AvgIpc) is 2.89. The Kier molecular flexibility index (Phi) is 8.55. The van der Waals surface area contributed by atoms with E-state index in [1.165, 1.54) is 0 Å². The fraction of sp³-hybridized carbons (Fsp3) is 0.450. The first-order valence-electron chi connectivity index (χ1n) is 8.88. The molecular formula is C20H26Cl2N2OS. The van der Waals surface area contributed by atoms with Crippen LogP contribution in [0.2, 0.25) is 10.0 Å². The topological polar surface area (TPSA) is 27.1 Å². The minimum atomic E-state index is 0.299. The number of aromatic nitrogens is 2. The molecule has 0 bridgehead atoms. The molecule has 3 nitrogen and oxygen atoms in total. The van der Waals surface area contributed by atoms with E-state index >= 15 is 0 Å². The standard InChI is InChI=1S/C20H26Cl2N2OS/c1-5-7-9-25-13-18-23-19(14(3)4)20(24(18)8-6-2)26-17-11-15(21)10-16(22)12-17/h6,10-12,14H,2,5,7-9,13H2,1,3-4H3. The second kappa shape index (κ2) is 10.4. The van der Waals surface area contributed by atoms with Crippen LogP contribution in [0.3, 0.4) is 0 Å². The SMILES string of the molecule is C=CCn1c(COCCCC)nc(C(C)C)c1Sc1cc(Cl)cc(Cl)c1. The van der Waals surface area contributed by atoms with Crippen molar-refractivity contribution in [3.63, 3.8) is 0 Å². The van der Waals surface area contributed by atoms with E-state index < -0.39 is 0 Å². The van der Waals surface area contributed by atoms with Crippen LogP contribution in [0.25, 0.3) is 0 Å². The number of hydrogen-bond acceptors (Lipinski definition) is 3. The number of allylic oxidation sites excluding steroid dienone is 1. The lowest BCUT2D eigenvalue weighted by molar-refractivity contribution is 0.110. The number of halogens is 2. The first-order chi connectivity index (χ1) is 12.5. The quantitative estimate of drug-likeness (QED) is 0.311. The lowest BCUT2D eigenvalue weighted by atomic mass is 10.1. The smallest absolute Gasteiger partial charge is 0.136 e. The van der Waals surface area contributed by atoms with Crippen LogP contribution in [-0.2, 0) is 17.9 Å². The van der Waals surface area contributed by atoms with Crippen LogP contribution in [0.1, 0.15) is 51.0 Å². The summed E-state index contributed by atoms with van der Waals surface area (Å²) in [5.41, 5.74) is 1.06. The van der Waals surface area contributed by atoms with Crippen molar-refractivity contribution in [3.8, 4) is 0 Å². The summed E-state index contributed by atoms with van der Waals surface area (Å²) < 4.78 is 7.99. The van der Waals surface area contributed by atoms with Gasteiger partial charge >= 0.3 is 0 Å². The van der Waals surface area contributed by atoms with E-state index in [9.17, 15) is 0 Å². The molecule has 0 fully saturated rings. The van der Waals surface area contributed by atoms with Crippen LogP contribution in [0.5, 0.6) is 0 Å². The molecule has 1 heterocycles. The molecule has 0 aliphatic heterocycles. The molecule has 1 aromatic heterocycles. The zero-order valence-corrected chi connectivity index (χ0v) is 17.9. The Morgan fingerprint density at radius 1 is 1.27 bits per heavy atom. The highest BCUT2D eigenvalue weighted by Gasteiger charge is 2.20. The summed E-state index contributed by atoms with van der Waals surface area (Å²) in [6, 6.07) is 5.58. The Balaban J connectivity index is 2.37. The van der Waals surface area contributed by atoms with Crippen LogP contribution in [0.4, 0.5) is 0 Å². The predicted octanol–water partition coefficient (Wildman–Crippen LogP) is 6.97. The summed E-state index contributed by atoms with van der Waals surface area (Å²) in [6.45, 7) is 12.3. The van der Waals surface area contributed by atoms with Crippen LogP contribution in [0, 0.1) is 0 Å². The van der Waals surface area contributed by atoms with Gasteiger partial charge in [0.25, 0.3) is 0 Å². The molecule has 0 aliphatic rings. The Morgan fingerprint density at radius 3 is 2.54 bits per heavy atom. The molecule has 0 saturated carbocycles. The lowest BCUT2D eigenvalue weighted by Crippen LogP contribution is -2.06. The van der Waals surface area contributed by atoms with Crippen molar-refractivity contribution < 1.29 is 4.74 Å². The monoisotopic (exact) mass is 412 g/mol. The lowest BCUT2D eigenvalue weighted by Gasteiger charge is -2.12. The molecule has 1 aromatic carbocycles. The van der Waals surface area contributed by atoms with Gasteiger partial charge in [0.15, 0.2) is 0 Å². The third-order valence-corrected chi connectivity index (χ3v) is 5.34. The predicted molar refractivity (Wildman–Crippen MR) is 112 cm³/mol. The fourth-order valence-electron chi connectivity index (χ4n) is 2.52. The van der Waals surface area contributed by atoms with E-state index in [1.807, 2.05) is 18.2 Å². The Bertz CT molecular complexity index is 723. The van der Waals surface area contributed by atoms with Gasteiger partial charge in [-0.15, -0.1) is 6.58 Å². The van der Waals surface area contributed by atoms with Crippen molar-refractivity contribution in [2.24, 2.45) is 0 Å². The Morgan fingerprint density at radius 2 is 1.96 bits per heavy atom. The minimum Gasteiger partial charge on any atom is -0.374 e. The molecule has 0 amide bonds. The first-order valence-corrected chi connectivity index (χ1v) is 10.4. The van der Waals surface area contributed by atoms with E-state index in [2.05, 4.69) is 31.9 Å². The third kappa shape index (κ3) is 5.78. The minimum absolute atomic E-state index is 0.299. The number of rotatable bonds is 10.